The van der Waals surface area contributed by atoms with Gasteiger partial charge in [0.15, 0.2) is 9.84 Å². The van der Waals surface area contributed by atoms with Gasteiger partial charge < -0.3 is 10.8 Å². The minimum atomic E-state index is -3.64. The van der Waals surface area contributed by atoms with Gasteiger partial charge in [-0.1, -0.05) is 12.1 Å². The number of aromatic carboxylic acids is 1. The van der Waals surface area contributed by atoms with E-state index in [1.807, 2.05) is 13.0 Å². The van der Waals surface area contributed by atoms with E-state index in [1.54, 1.807) is 18.2 Å². The molecule has 5 nitrogen and oxygen atoms in total. The van der Waals surface area contributed by atoms with Gasteiger partial charge in [0.2, 0.25) is 0 Å². The molecule has 0 fully saturated rings. The Balaban J connectivity index is 2.73. The van der Waals surface area contributed by atoms with Crippen LogP contribution >= 0.6 is 0 Å². The van der Waals surface area contributed by atoms with Crippen molar-refractivity contribution < 1.29 is 18.3 Å². The van der Waals surface area contributed by atoms with Gasteiger partial charge in [-0.15, -0.1) is 0 Å². The molecule has 0 unspecified atom stereocenters. The Labute approximate surface area is 123 Å². The zero-order valence-corrected chi connectivity index (χ0v) is 12.4. The molecule has 0 atom stereocenters. The molecule has 2 aromatic carbocycles. The van der Waals surface area contributed by atoms with Crippen molar-refractivity contribution in [2.24, 2.45) is 0 Å². The number of carboxylic acid groups (broad SMARTS) is 1. The smallest absolute Gasteiger partial charge is 0.337 e. The summed E-state index contributed by atoms with van der Waals surface area (Å²) in [6.45, 7) is 1.87. The lowest BCUT2D eigenvalue weighted by molar-refractivity contribution is 0.0692. The summed E-state index contributed by atoms with van der Waals surface area (Å²) in [4.78, 5) is 11.0. The minimum absolute atomic E-state index is 0.200. The maximum atomic E-state index is 11.8. The van der Waals surface area contributed by atoms with Gasteiger partial charge in [0, 0.05) is 11.9 Å². The second-order valence-electron chi connectivity index (χ2n) is 4.86. The average Bonchev–Trinajstić information content (AvgIpc) is 2.40. The molecule has 0 radical (unpaired) electrons. The number of carbonyl (C=O) groups is 1. The van der Waals surface area contributed by atoms with Crippen LogP contribution in [0.15, 0.2) is 41.3 Å². The number of nitrogens with two attached hydrogens (primary N) is 1. The Morgan fingerprint density at radius 1 is 1.14 bits per heavy atom. The van der Waals surface area contributed by atoms with Gasteiger partial charge in [-0.25, -0.2) is 13.2 Å². The number of carboxylic acids is 1. The summed E-state index contributed by atoms with van der Waals surface area (Å²) in [5.41, 5.74) is 8.39. The molecule has 2 rings (SSSR count). The van der Waals surface area contributed by atoms with Crippen LogP contribution in [0.5, 0.6) is 0 Å². The van der Waals surface area contributed by atoms with E-state index in [9.17, 15) is 13.2 Å². The van der Waals surface area contributed by atoms with Crippen LogP contribution in [-0.2, 0) is 9.84 Å². The fourth-order valence-electron chi connectivity index (χ4n) is 2.12. The summed E-state index contributed by atoms with van der Waals surface area (Å²) >= 11 is 0. The number of sulfone groups is 1. The van der Waals surface area contributed by atoms with E-state index in [0.29, 0.717) is 11.3 Å². The maximum Gasteiger partial charge on any atom is 0.337 e. The molecule has 0 aliphatic rings. The highest BCUT2D eigenvalue weighted by Crippen LogP contribution is 2.29. The standard InChI is InChI=1S/C15H15NO4S/c1-9-3-5-11(16)8-13(9)10-4-6-12(15(17)18)14(7-10)21(2,19)20/h3-8H,16H2,1-2H3,(H,17,18). The quantitative estimate of drug-likeness (QED) is 0.848. The van der Waals surface area contributed by atoms with Crippen molar-refractivity contribution in [3.05, 3.63) is 47.5 Å². The minimum Gasteiger partial charge on any atom is -0.478 e. The molecule has 0 bridgehead atoms. The molecule has 2 aromatic rings. The molecule has 0 amide bonds. The van der Waals surface area contributed by atoms with Crippen molar-refractivity contribution in [3.63, 3.8) is 0 Å². The highest BCUT2D eigenvalue weighted by Gasteiger charge is 2.19. The predicted octanol–water partition coefficient (Wildman–Crippen LogP) is 2.35. The average molecular weight is 305 g/mol. The number of hydrogen-bond donors (Lipinski definition) is 2. The van der Waals surface area contributed by atoms with Gasteiger partial charge in [-0.2, -0.15) is 0 Å². The Kier molecular flexibility index (Phi) is 3.74. The second kappa shape index (κ2) is 5.21. The number of hydrogen-bond acceptors (Lipinski definition) is 4. The Bertz CT molecular complexity index is 826. The van der Waals surface area contributed by atoms with Crippen molar-refractivity contribution >= 4 is 21.5 Å². The van der Waals surface area contributed by atoms with Crippen LogP contribution in [0.1, 0.15) is 15.9 Å². The van der Waals surface area contributed by atoms with E-state index in [0.717, 1.165) is 17.4 Å². The number of nitrogen functional groups attached to an aromatic ring is 1. The fraction of sp³-hybridized carbons (Fsp3) is 0.133. The molecular formula is C15H15NO4S. The third kappa shape index (κ3) is 3.05. The monoisotopic (exact) mass is 305 g/mol. The summed E-state index contributed by atoms with van der Waals surface area (Å²) in [6.07, 6.45) is 0.991. The molecule has 0 aliphatic carbocycles. The molecule has 0 spiro atoms. The number of rotatable bonds is 3. The predicted molar refractivity (Wildman–Crippen MR) is 81.1 cm³/mol. The summed E-state index contributed by atoms with van der Waals surface area (Å²) in [6, 6.07) is 9.58. The molecule has 0 heterocycles. The van der Waals surface area contributed by atoms with Crippen LogP contribution in [-0.4, -0.2) is 25.7 Å². The van der Waals surface area contributed by atoms with E-state index in [4.69, 9.17) is 10.8 Å². The lowest BCUT2D eigenvalue weighted by Gasteiger charge is -2.11. The second-order valence-corrected chi connectivity index (χ2v) is 6.85. The first-order valence-corrected chi connectivity index (χ1v) is 8.03. The normalized spacial score (nSPS) is 11.3. The summed E-state index contributed by atoms with van der Waals surface area (Å²) in [5, 5.41) is 9.10. The van der Waals surface area contributed by atoms with E-state index in [2.05, 4.69) is 0 Å². The van der Waals surface area contributed by atoms with Gasteiger partial charge in [-0.05, 0) is 47.9 Å². The fourth-order valence-corrected chi connectivity index (χ4v) is 3.02. The molecule has 3 N–H and O–H groups in total. The van der Waals surface area contributed by atoms with Crippen molar-refractivity contribution in [2.75, 3.05) is 12.0 Å². The SMILES string of the molecule is Cc1ccc(N)cc1-c1ccc(C(=O)O)c(S(C)(=O)=O)c1. The largest absolute Gasteiger partial charge is 0.478 e. The third-order valence-corrected chi connectivity index (χ3v) is 4.32. The molecular weight excluding hydrogens is 290 g/mol. The Morgan fingerprint density at radius 2 is 1.81 bits per heavy atom. The lowest BCUT2D eigenvalue weighted by Crippen LogP contribution is -2.08. The Hall–Kier alpha value is -2.34. The van der Waals surface area contributed by atoms with Gasteiger partial charge in [0.25, 0.3) is 0 Å². The lowest BCUT2D eigenvalue weighted by atomic mass is 9.99. The summed E-state index contributed by atoms with van der Waals surface area (Å²) < 4.78 is 23.6. The van der Waals surface area contributed by atoms with Crippen molar-refractivity contribution in [2.45, 2.75) is 11.8 Å². The first-order valence-electron chi connectivity index (χ1n) is 6.14. The maximum absolute atomic E-state index is 11.8. The van der Waals surface area contributed by atoms with E-state index in [-0.39, 0.29) is 10.5 Å². The van der Waals surface area contributed by atoms with E-state index >= 15 is 0 Å². The molecule has 110 valence electrons. The van der Waals surface area contributed by atoms with Gasteiger partial charge in [-0.3, -0.25) is 0 Å². The number of benzene rings is 2. The third-order valence-electron chi connectivity index (χ3n) is 3.18. The first kappa shape index (κ1) is 15.1. The number of aryl methyl sites for hydroxylation is 1. The zero-order valence-electron chi connectivity index (χ0n) is 11.6. The van der Waals surface area contributed by atoms with Crippen LogP contribution in [0.4, 0.5) is 5.69 Å². The van der Waals surface area contributed by atoms with E-state index in [1.165, 1.54) is 12.1 Å². The topological polar surface area (TPSA) is 97.5 Å². The van der Waals surface area contributed by atoms with Crippen LogP contribution in [0.2, 0.25) is 0 Å². The molecule has 21 heavy (non-hydrogen) atoms. The zero-order chi connectivity index (χ0) is 15.8. The van der Waals surface area contributed by atoms with E-state index < -0.39 is 15.8 Å². The highest BCUT2D eigenvalue weighted by molar-refractivity contribution is 7.90. The van der Waals surface area contributed by atoms with Crippen LogP contribution in [0, 0.1) is 6.92 Å². The molecule has 0 aromatic heterocycles. The van der Waals surface area contributed by atoms with Crippen molar-refractivity contribution in [1.82, 2.24) is 0 Å². The summed E-state index contributed by atoms with van der Waals surface area (Å²) in [5.74, 6) is -1.27. The number of anilines is 1. The van der Waals surface area contributed by atoms with Crippen molar-refractivity contribution in [1.29, 1.82) is 0 Å². The molecule has 0 aliphatic heterocycles. The summed E-state index contributed by atoms with van der Waals surface area (Å²) in [7, 11) is -3.64. The molecule has 0 saturated carbocycles. The highest BCUT2D eigenvalue weighted by atomic mass is 32.2. The van der Waals surface area contributed by atoms with Crippen LogP contribution < -0.4 is 5.73 Å². The van der Waals surface area contributed by atoms with Crippen LogP contribution in [0.3, 0.4) is 0 Å². The van der Waals surface area contributed by atoms with Crippen molar-refractivity contribution in [3.8, 4) is 11.1 Å². The molecule has 6 heteroatoms. The van der Waals surface area contributed by atoms with Gasteiger partial charge >= 0.3 is 5.97 Å². The molecule has 0 saturated heterocycles. The van der Waals surface area contributed by atoms with Gasteiger partial charge in [0.05, 0.1) is 10.5 Å². The Morgan fingerprint density at radius 3 is 2.38 bits per heavy atom. The first-order chi connectivity index (χ1) is 9.70. The van der Waals surface area contributed by atoms with Gasteiger partial charge in [0.1, 0.15) is 0 Å². The van der Waals surface area contributed by atoms with Crippen LogP contribution in [0.25, 0.3) is 11.1 Å².